The summed E-state index contributed by atoms with van der Waals surface area (Å²) in [7, 11) is 0. The molecule has 0 spiro atoms. The van der Waals surface area contributed by atoms with Crippen LogP contribution >= 0.6 is 0 Å². The number of aromatic nitrogens is 1. The van der Waals surface area contributed by atoms with E-state index in [0.717, 1.165) is 24.8 Å². The summed E-state index contributed by atoms with van der Waals surface area (Å²) in [6, 6.07) is 1.50. The van der Waals surface area contributed by atoms with Crippen molar-refractivity contribution in [1.82, 2.24) is 4.98 Å². The Morgan fingerprint density at radius 2 is 2.15 bits per heavy atom. The lowest BCUT2D eigenvalue weighted by atomic mass is 9.81. The standard InChI is InChI=1S/C15H23N3O2/c1-10-2-4-11(5-3-10)6-7-17-14-8-12(15(19)20)13(16)9-18-14/h8-11H,2-7,16H2,1H3,(H,17,18)(H,19,20). The van der Waals surface area contributed by atoms with Crippen LogP contribution in [-0.4, -0.2) is 22.6 Å². The minimum atomic E-state index is -1.02. The van der Waals surface area contributed by atoms with Crippen LogP contribution in [0.2, 0.25) is 0 Å². The lowest BCUT2D eigenvalue weighted by Gasteiger charge is -2.26. The van der Waals surface area contributed by atoms with Crippen LogP contribution in [0.1, 0.15) is 49.4 Å². The third-order valence-electron chi connectivity index (χ3n) is 4.16. The van der Waals surface area contributed by atoms with Gasteiger partial charge in [0.2, 0.25) is 0 Å². The van der Waals surface area contributed by atoms with E-state index >= 15 is 0 Å². The highest BCUT2D eigenvalue weighted by Crippen LogP contribution is 2.30. The number of nitrogens with one attached hydrogen (secondary N) is 1. The van der Waals surface area contributed by atoms with Crippen molar-refractivity contribution in [3.05, 3.63) is 17.8 Å². The van der Waals surface area contributed by atoms with Crippen LogP contribution in [0.3, 0.4) is 0 Å². The molecule has 0 atom stereocenters. The van der Waals surface area contributed by atoms with E-state index < -0.39 is 5.97 Å². The molecule has 0 unspecified atom stereocenters. The molecule has 0 saturated heterocycles. The molecule has 1 aliphatic carbocycles. The van der Waals surface area contributed by atoms with Gasteiger partial charge in [-0.15, -0.1) is 0 Å². The number of carboxylic acids is 1. The van der Waals surface area contributed by atoms with Gasteiger partial charge in [-0.1, -0.05) is 32.6 Å². The lowest BCUT2D eigenvalue weighted by Crippen LogP contribution is -2.16. The van der Waals surface area contributed by atoms with Crippen molar-refractivity contribution < 1.29 is 9.90 Å². The first-order valence-electron chi connectivity index (χ1n) is 7.29. The number of aromatic carboxylic acids is 1. The average Bonchev–Trinajstić information content (AvgIpc) is 2.42. The van der Waals surface area contributed by atoms with Crippen molar-refractivity contribution in [2.45, 2.75) is 39.0 Å². The first-order valence-corrected chi connectivity index (χ1v) is 7.29. The number of hydrogen-bond donors (Lipinski definition) is 3. The fourth-order valence-corrected chi connectivity index (χ4v) is 2.77. The number of nitrogen functional groups attached to an aromatic ring is 1. The first-order chi connectivity index (χ1) is 9.56. The first kappa shape index (κ1) is 14.6. The van der Waals surface area contributed by atoms with Crippen LogP contribution in [0.25, 0.3) is 0 Å². The number of nitrogens with zero attached hydrogens (tertiary/aromatic N) is 1. The highest BCUT2D eigenvalue weighted by molar-refractivity contribution is 5.94. The molecule has 1 aromatic heterocycles. The zero-order valence-electron chi connectivity index (χ0n) is 11.9. The van der Waals surface area contributed by atoms with Gasteiger partial charge in [-0.25, -0.2) is 9.78 Å². The summed E-state index contributed by atoms with van der Waals surface area (Å²) in [6.45, 7) is 3.15. The van der Waals surface area contributed by atoms with Crippen LogP contribution < -0.4 is 11.1 Å². The van der Waals surface area contributed by atoms with E-state index in [1.807, 2.05) is 0 Å². The van der Waals surface area contributed by atoms with Crippen LogP contribution in [0.4, 0.5) is 11.5 Å². The van der Waals surface area contributed by atoms with Gasteiger partial charge in [0.1, 0.15) is 5.82 Å². The zero-order chi connectivity index (χ0) is 14.5. The summed E-state index contributed by atoms with van der Waals surface area (Å²) < 4.78 is 0. The van der Waals surface area contributed by atoms with Gasteiger partial charge in [-0.2, -0.15) is 0 Å². The Kier molecular flexibility index (Phi) is 4.82. The molecular weight excluding hydrogens is 254 g/mol. The Balaban J connectivity index is 1.82. The molecular formula is C15H23N3O2. The van der Waals surface area contributed by atoms with Crippen molar-refractivity contribution in [2.24, 2.45) is 11.8 Å². The van der Waals surface area contributed by atoms with E-state index in [2.05, 4.69) is 17.2 Å². The van der Waals surface area contributed by atoms with E-state index in [-0.39, 0.29) is 11.3 Å². The second-order valence-corrected chi connectivity index (χ2v) is 5.80. The SMILES string of the molecule is CC1CCC(CCNc2cc(C(=O)O)c(N)cn2)CC1. The molecule has 1 aliphatic rings. The zero-order valence-corrected chi connectivity index (χ0v) is 11.9. The maximum Gasteiger partial charge on any atom is 0.337 e. The largest absolute Gasteiger partial charge is 0.478 e. The van der Waals surface area contributed by atoms with Gasteiger partial charge in [0.05, 0.1) is 17.4 Å². The van der Waals surface area contributed by atoms with Crippen LogP contribution in [-0.2, 0) is 0 Å². The van der Waals surface area contributed by atoms with Gasteiger partial charge < -0.3 is 16.2 Å². The molecule has 4 N–H and O–H groups in total. The summed E-state index contributed by atoms with van der Waals surface area (Å²) in [4.78, 5) is 15.1. The Bertz CT molecular complexity index is 468. The molecule has 0 aliphatic heterocycles. The Hall–Kier alpha value is -1.78. The van der Waals surface area contributed by atoms with E-state index in [4.69, 9.17) is 10.8 Å². The topological polar surface area (TPSA) is 88.2 Å². The van der Waals surface area contributed by atoms with Gasteiger partial charge in [-0.05, 0) is 24.3 Å². The summed E-state index contributed by atoms with van der Waals surface area (Å²) >= 11 is 0. The molecule has 1 saturated carbocycles. The third kappa shape index (κ3) is 3.85. The maximum atomic E-state index is 11.0. The molecule has 0 radical (unpaired) electrons. The molecule has 5 nitrogen and oxygen atoms in total. The molecule has 0 aromatic carbocycles. The molecule has 1 heterocycles. The maximum absolute atomic E-state index is 11.0. The number of rotatable bonds is 5. The number of pyridine rings is 1. The molecule has 2 rings (SSSR count). The lowest BCUT2D eigenvalue weighted by molar-refractivity contribution is 0.0698. The number of carboxylic acid groups (broad SMARTS) is 1. The molecule has 0 bridgehead atoms. The molecule has 1 aromatic rings. The van der Waals surface area contributed by atoms with Gasteiger partial charge in [0.25, 0.3) is 0 Å². The van der Waals surface area contributed by atoms with E-state index in [9.17, 15) is 4.79 Å². The molecule has 5 heteroatoms. The van der Waals surface area contributed by atoms with Crippen LogP contribution in [0.5, 0.6) is 0 Å². The highest BCUT2D eigenvalue weighted by atomic mass is 16.4. The second-order valence-electron chi connectivity index (χ2n) is 5.80. The Morgan fingerprint density at radius 1 is 1.45 bits per heavy atom. The van der Waals surface area contributed by atoms with Crippen molar-refractivity contribution >= 4 is 17.5 Å². The summed E-state index contributed by atoms with van der Waals surface area (Å²) in [6.07, 6.45) is 7.77. The van der Waals surface area contributed by atoms with Gasteiger partial charge >= 0.3 is 5.97 Å². The smallest absolute Gasteiger partial charge is 0.337 e. The summed E-state index contributed by atoms with van der Waals surface area (Å²) in [5.74, 6) is 1.22. The highest BCUT2D eigenvalue weighted by Gasteiger charge is 2.17. The van der Waals surface area contributed by atoms with Crippen molar-refractivity contribution in [1.29, 1.82) is 0 Å². The summed E-state index contributed by atoms with van der Waals surface area (Å²) in [5, 5.41) is 12.2. The second kappa shape index (κ2) is 6.59. The molecule has 20 heavy (non-hydrogen) atoms. The van der Waals surface area contributed by atoms with Gasteiger partial charge in [0, 0.05) is 6.54 Å². The molecule has 110 valence electrons. The Labute approximate surface area is 119 Å². The monoisotopic (exact) mass is 277 g/mol. The van der Waals surface area contributed by atoms with Gasteiger partial charge in [-0.3, -0.25) is 0 Å². The third-order valence-corrected chi connectivity index (χ3v) is 4.16. The van der Waals surface area contributed by atoms with Crippen LogP contribution in [0, 0.1) is 11.8 Å². The quantitative estimate of drug-likeness (QED) is 0.770. The van der Waals surface area contributed by atoms with Crippen molar-refractivity contribution in [3.63, 3.8) is 0 Å². The number of nitrogens with two attached hydrogens (primary N) is 1. The Morgan fingerprint density at radius 3 is 2.80 bits per heavy atom. The molecule has 0 amide bonds. The van der Waals surface area contributed by atoms with E-state index in [0.29, 0.717) is 5.82 Å². The van der Waals surface area contributed by atoms with E-state index in [1.165, 1.54) is 37.9 Å². The number of anilines is 2. The summed E-state index contributed by atoms with van der Waals surface area (Å²) in [5.41, 5.74) is 5.88. The average molecular weight is 277 g/mol. The predicted molar refractivity (Wildman–Crippen MR) is 79.8 cm³/mol. The number of hydrogen-bond acceptors (Lipinski definition) is 4. The van der Waals surface area contributed by atoms with Gasteiger partial charge in [0.15, 0.2) is 0 Å². The fraction of sp³-hybridized carbons (Fsp3) is 0.600. The van der Waals surface area contributed by atoms with Crippen LogP contribution in [0.15, 0.2) is 12.3 Å². The minimum Gasteiger partial charge on any atom is -0.478 e. The number of carbonyl (C=O) groups is 1. The van der Waals surface area contributed by atoms with E-state index in [1.54, 1.807) is 0 Å². The minimum absolute atomic E-state index is 0.106. The van der Waals surface area contributed by atoms with Crippen molar-refractivity contribution in [2.75, 3.05) is 17.6 Å². The fourth-order valence-electron chi connectivity index (χ4n) is 2.77. The molecule has 1 fully saturated rings. The van der Waals surface area contributed by atoms with Crippen molar-refractivity contribution in [3.8, 4) is 0 Å². The predicted octanol–water partition coefficient (Wildman–Crippen LogP) is 2.99. The normalized spacial score (nSPS) is 22.4.